The minimum absolute atomic E-state index is 0.0706. The molecule has 2 heterocycles. The molecule has 2 aliphatic rings. The predicted molar refractivity (Wildman–Crippen MR) is 233 cm³/mol. The van der Waals surface area contributed by atoms with E-state index < -0.39 is 15.8 Å². The third-order valence-electron chi connectivity index (χ3n) is 10.2. The van der Waals surface area contributed by atoms with Gasteiger partial charge in [-0.2, -0.15) is 0 Å². The molecule has 0 spiro atoms. The molecule has 0 amide bonds. The lowest BCUT2D eigenvalue weighted by Crippen LogP contribution is -2.27. The molecule has 2 aliphatic heterocycles. The Morgan fingerprint density at radius 2 is 0.607 bits per heavy atom. The van der Waals surface area contributed by atoms with Crippen LogP contribution in [0.15, 0.2) is 84.9 Å². The number of fused-ring (bicyclic) bond motifs is 2. The smallest absolute Gasteiger partial charge is 0.231 e. The maximum Gasteiger partial charge on any atom is 0.231 e. The number of methoxy groups -OCH3 is 2. The Hall–Kier alpha value is -5.02. The molecule has 8 heteroatoms. The van der Waals surface area contributed by atoms with Gasteiger partial charge in [0.15, 0.2) is 23.0 Å². The van der Waals surface area contributed by atoms with Crippen molar-refractivity contribution in [3.63, 3.8) is 0 Å². The van der Waals surface area contributed by atoms with Crippen molar-refractivity contribution >= 4 is 47.7 Å². The van der Waals surface area contributed by atoms with E-state index in [1.54, 1.807) is 14.2 Å². The van der Waals surface area contributed by atoms with Gasteiger partial charge >= 0.3 is 0 Å². The first-order chi connectivity index (χ1) is 26.9. The third-order valence-corrected chi connectivity index (χ3v) is 15.0. The van der Waals surface area contributed by atoms with Gasteiger partial charge < -0.3 is 28.4 Å². The largest absolute Gasteiger partial charge is 0.493 e. The van der Waals surface area contributed by atoms with Crippen LogP contribution in [0.1, 0.15) is 44.5 Å². The van der Waals surface area contributed by atoms with E-state index in [1.165, 1.54) is 65.7 Å². The van der Waals surface area contributed by atoms with Crippen LogP contribution in [-0.2, 0) is 0 Å². The molecule has 0 radical (unpaired) electrons. The van der Waals surface area contributed by atoms with Crippen LogP contribution < -0.4 is 60.2 Å². The van der Waals surface area contributed by atoms with Crippen molar-refractivity contribution in [1.82, 2.24) is 0 Å². The van der Waals surface area contributed by atoms with Gasteiger partial charge in [0.25, 0.3) is 0 Å². The minimum Gasteiger partial charge on any atom is -0.493 e. The standard InChI is InChI=1S/C48H48O6P2/c1-27-11-28(2)16-35(15-27)55(36-17-29(3)12-30(4)18-36)41-23-39(49-9)45-47(53-25-51-45)43(41)44-42(24-40(50-10)46-48(44)54-26-52-46)56(37-19-31(5)13-32(6)20-37)38-21-33(7)14-34(8)22-38/h11-24H,25-26H2,1-10H3. The van der Waals surface area contributed by atoms with Crippen molar-refractivity contribution in [2.75, 3.05) is 27.8 Å². The lowest BCUT2D eigenvalue weighted by molar-refractivity contribution is 0.170. The highest BCUT2D eigenvalue weighted by atomic mass is 31.1. The molecule has 6 aromatic carbocycles. The molecule has 286 valence electrons. The summed E-state index contributed by atoms with van der Waals surface area (Å²) < 4.78 is 38.0. The molecule has 0 fully saturated rings. The first-order valence-corrected chi connectivity index (χ1v) is 21.6. The molecule has 8 rings (SSSR count). The maximum atomic E-state index is 6.61. The first kappa shape index (κ1) is 37.9. The summed E-state index contributed by atoms with van der Waals surface area (Å²) in [5, 5.41) is 7.10. The van der Waals surface area contributed by atoms with Crippen molar-refractivity contribution in [3.8, 4) is 45.6 Å². The summed E-state index contributed by atoms with van der Waals surface area (Å²) in [6, 6.07) is 31.9. The molecular weight excluding hydrogens is 734 g/mol. The fourth-order valence-corrected chi connectivity index (χ4v) is 14.1. The summed E-state index contributed by atoms with van der Waals surface area (Å²) in [6.07, 6.45) is 0. The van der Waals surface area contributed by atoms with Crippen molar-refractivity contribution in [3.05, 3.63) is 129 Å². The lowest BCUT2D eigenvalue weighted by atomic mass is 10.0. The van der Waals surface area contributed by atoms with Gasteiger partial charge in [-0.3, -0.25) is 0 Å². The molecule has 0 unspecified atom stereocenters. The molecule has 0 saturated carbocycles. The normalized spacial score (nSPS) is 12.9. The highest BCUT2D eigenvalue weighted by molar-refractivity contribution is 7.80. The van der Waals surface area contributed by atoms with E-state index >= 15 is 0 Å². The zero-order valence-corrected chi connectivity index (χ0v) is 35.6. The molecule has 0 aromatic heterocycles. The van der Waals surface area contributed by atoms with E-state index in [0.717, 1.165) is 21.7 Å². The van der Waals surface area contributed by atoms with Gasteiger partial charge in [0.05, 0.1) is 14.2 Å². The summed E-state index contributed by atoms with van der Waals surface area (Å²) in [5.41, 5.74) is 11.5. The third kappa shape index (κ3) is 6.99. The van der Waals surface area contributed by atoms with Gasteiger partial charge in [-0.25, -0.2) is 0 Å². The van der Waals surface area contributed by atoms with Crippen LogP contribution in [0.2, 0.25) is 0 Å². The van der Waals surface area contributed by atoms with Gasteiger partial charge in [0, 0.05) is 21.7 Å². The molecule has 0 atom stereocenters. The summed E-state index contributed by atoms with van der Waals surface area (Å²) in [4.78, 5) is 0. The molecule has 0 aliphatic carbocycles. The van der Waals surface area contributed by atoms with E-state index in [9.17, 15) is 0 Å². The van der Waals surface area contributed by atoms with Gasteiger partial charge in [-0.1, -0.05) is 117 Å². The van der Waals surface area contributed by atoms with Crippen LogP contribution in [0.4, 0.5) is 0 Å². The van der Waals surface area contributed by atoms with E-state index in [1.807, 2.05) is 0 Å². The van der Waals surface area contributed by atoms with Crippen molar-refractivity contribution in [2.24, 2.45) is 0 Å². The fraction of sp³-hybridized carbons (Fsp3) is 0.250. The highest BCUT2D eigenvalue weighted by Crippen LogP contribution is 2.57. The van der Waals surface area contributed by atoms with Crippen LogP contribution >= 0.6 is 15.8 Å². The second-order valence-electron chi connectivity index (χ2n) is 15.1. The Morgan fingerprint density at radius 1 is 0.357 bits per heavy atom. The quantitative estimate of drug-likeness (QED) is 0.137. The Labute approximate surface area is 333 Å². The summed E-state index contributed by atoms with van der Waals surface area (Å²) in [6.45, 7) is 17.5. The Balaban J connectivity index is 1.56. The average molecular weight is 783 g/mol. The van der Waals surface area contributed by atoms with Crippen molar-refractivity contribution in [2.45, 2.75) is 55.4 Å². The Morgan fingerprint density at radius 3 is 0.857 bits per heavy atom. The fourth-order valence-electron chi connectivity index (χ4n) is 8.36. The minimum atomic E-state index is -1.20. The topological polar surface area (TPSA) is 55.4 Å². The number of benzene rings is 6. The first-order valence-electron chi connectivity index (χ1n) is 18.9. The highest BCUT2D eigenvalue weighted by Gasteiger charge is 2.39. The molecule has 6 aromatic rings. The zero-order chi connectivity index (χ0) is 39.4. The van der Waals surface area contributed by atoms with Crippen LogP contribution in [0.5, 0.6) is 34.5 Å². The van der Waals surface area contributed by atoms with E-state index in [2.05, 4.69) is 140 Å². The van der Waals surface area contributed by atoms with Gasteiger partial charge in [-0.05, 0) is 105 Å². The van der Waals surface area contributed by atoms with Gasteiger partial charge in [0.2, 0.25) is 25.1 Å². The van der Waals surface area contributed by atoms with Crippen LogP contribution in [0, 0.1) is 55.4 Å². The van der Waals surface area contributed by atoms with Crippen LogP contribution in [0.25, 0.3) is 11.1 Å². The van der Waals surface area contributed by atoms with E-state index in [4.69, 9.17) is 28.4 Å². The summed E-state index contributed by atoms with van der Waals surface area (Å²) >= 11 is 0. The SMILES string of the molecule is COc1cc(P(c2cc(C)cc(C)c2)c2cc(C)cc(C)c2)c(-c2c(P(c3cc(C)cc(C)c3)c3cc(C)cc(C)c3)cc(OC)c3c2OCO3)c2c1OCO2. The zero-order valence-electron chi connectivity index (χ0n) is 33.8. The van der Waals surface area contributed by atoms with Crippen LogP contribution in [0.3, 0.4) is 0 Å². The van der Waals surface area contributed by atoms with E-state index in [0.29, 0.717) is 34.5 Å². The van der Waals surface area contributed by atoms with E-state index in [-0.39, 0.29) is 13.6 Å². The number of hydrogen-bond donors (Lipinski definition) is 0. The molecule has 56 heavy (non-hydrogen) atoms. The molecule has 0 bridgehead atoms. The number of ether oxygens (including phenoxy) is 6. The average Bonchev–Trinajstić information content (AvgIpc) is 3.81. The predicted octanol–water partition coefficient (Wildman–Crippen LogP) is 8.81. The molecule has 0 saturated heterocycles. The second-order valence-corrected chi connectivity index (χ2v) is 19.5. The summed E-state index contributed by atoms with van der Waals surface area (Å²) in [7, 11) is 0.999. The number of hydrogen-bond acceptors (Lipinski definition) is 6. The Bertz CT molecular complexity index is 2170. The number of rotatable bonds is 9. The molecule has 0 N–H and O–H groups in total. The van der Waals surface area contributed by atoms with Gasteiger partial charge in [0.1, 0.15) is 0 Å². The van der Waals surface area contributed by atoms with Crippen molar-refractivity contribution < 1.29 is 28.4 Å². The maximum absolute atomic E-state index is 6.61. The number of aryl methyl sites for hydroxylation is 8. The van der Waals surface area contributed by atoms with Crippen molar-refractivity contribution in [1.29, 1.82) is 0 Å². The summed E-state index contributed by atoms with van der Waals surface area (Å²) in [5.74, 6) is 3.71. The van der Waals surface area contributed by atoms with Crippen LogP contribution in [-0.4, -0.2) is 27.8 Å². The second kappa shape index (κ2) is 15.1. The molecule has 6 nitrogen and oxygen atoms in total. The molecular formula is C48H48O6P2. The Kier molecular flexibility index (Phi) is 10.2. The van der Waals surface area contributed by atoms with Gasteiger partial charge in [-0.15, -0.1) is 0 Å². The lowest BCUT2D eigenvalue weighted by Gasteiger charge is -2.29. The monoisotopic (exact) mass is 782 g/mol.